The number of nitrogens with zero attached hydrogens (tertiary/aromatic N) is 2. The van der Waals surface area contributed by atoms with Crippen molar-refractivity contribution in [1.29, 1.82) is 0 Å². The molecule has 6 nitrogen and oxygen atoms in total. The largest absolute Gasteiger partial charge is 0.481 e. The van der Waals surface area contributed by atoms with E-state index < -0.39 is 12.0 Å². The minimum Gasteiger partial charge on any atom is -0.481 e. The molecule has 0 saturated carbocycles. The predicted molar refractivity (Wildman–Crippen MR) is 75.2 cm³/mol. The second-order valence-electron chi connectivity index (χ2n) is 5.52. The van der Waals surface area contributed by atoms with E-state index in [-0.39, 0.29) is 23.1 Å². The van der Waals surface area contributed by atoms with Gasteiger partial charge in [-0.3, -0.25) is 14.4 Å². The van der Waals surface area contributed by atoms with Crippen molar-refractivity contribution in [2.75, 3.05) is 19.3 Å². The number of likely N-dealkylation sites (N-methyl/N-ethyl adjacent to an activating group) is 1. The van der Waals surface area contributed by atoms with Crippen LogP contribution < -0.4 is 0 Å². The highest BCUT2D eigenvalue weighted by Gasteiger charge is 2.53. The Morgan fingerprint density at radius 2 is 2.25 bits per heavy atom. The fraction of sp³-hybridized carbons (Fsp3) is 0.769. The number of fused-ring (bicyclic) bond motifs is 1. The van der Waals surface area contributed by atoms with Crippen LogP contribution in [0.4, 0.5) is 0 Å². The highest BCUT2D eigenvalue weighted by molar-refractivity contribution is 8.01. The molecule has 2 heterocycles. The third-order valence-electron chi connectivity index (χ3n) is 3.99. The number of hydrogen-bond donors (Lipinski definition) is 1. The van der Waals surface area contributed by atoms with Crippen molar-refractivity contribution in [3.8, 4) is 0 Å². The van der Waals surface area contributed by atoms with Crippen molar-refractivity contribution < 1.29 is 19.5 Å². The summed E-state index contributed by atoms with van der Waals surface area (Å²) in [6, 6.07) is -0.394. The first kappa shape index (κ1) is 15.2. The Balaban J connectivity index is 1.95. The second-order valence-corrected chi connectivity index (χ2v) is 7.02. The lowest BCUT2D eigenvalue weighted by molar-refractivity contribution is -0.143. The molecule has 0 aliphatic carbocycles. The zero-order chi connectivity index (χ0) is 14.9. The van der Waals surface area contributed by atoms with E-state index in [1.807, 2.05) is 6.92 Å². The standard InChI is InChI=1S/C13H20N2O4S/c1-13-6-5-10(16)15(13)9(8-20-13)12(19)14(2)7-3-4-11(17)18/h9H,3-8H2,1-2H3,(H,17,18). The highest BCUT2D eigenvalue weighted by Crippen LogP contribution is 2.47. The average molecular weight is 300 g/mol. The molecule has 2 saturated heterocycles. The van der Waals surface area contributed by atoms with Crippen LogP contribution in [-0.2, 0) is 14.4 Å². The summed E-state index contributed by atoms with van der Waals surface area (Å²) in [5.41, 5.74) is 0. The molecule has 2 unspecified atom stereocenters. The maximum Gasteiger partial charge on any atom is 0.303 e. The highest BCUT2D eigenvalue weighted by atomic mass is 32.2. The van der Waals surface area contributed by atoms with Gasteiger partial charge in [0.1, 0.15) is 6.04 Å². The van der Waals surface area contributed by atoms with E-state index in [2.05, 4.69) is 0 Å². The molecule has 20 heavy (non-hydrogen) atoms. The Hall–Kier alpha value is -1.24. The molecule has 2 fully saturated rings. The van der Waals surface area contributed by atoms with E-state index in [0.717, 1.165) is 6.42 Å². The molecule has 112 valence electrons. The summed E-state index contributed by atoms with van der Waals surface area (Å²) in [7, 11) is 1.67. The van der Waals surface area contributed by atoms with Crippen molar-refractivity contribution in [3.05, 3.63) is 0 Å². The van der Waals surface area contributed by atoms with Crippen LogP contribution in [0.3, 0.4) is 0 Å². The summed E-state index contributed by atoms with van der Waals surface area (Å²) in [5, 5.41) is 8.61. The molecule has 2 amide bonds. The van der Waals surface area contributed by atoms with Crippen molar-refractivity contribution >= 4 is 29.5 Å². The van der Waals surface area contributed by atoms with Gasteiger partial charge in [0.25, 0.3) is 0 Å². The van der Waals surface area contributed by atoms with E-state index in [1.165, 1.54) is 0 Å². The topological polar surface area (TPSA) is 77.9 Å². The molecule has 2 aliphatic rings. The molecule has 0 spiro atoms. The molecule has 2 atom stereocenters. The summed E-state index contributed by atoms with van der Waals surface area (Å²) in [5.74, 6) is -0.258. The summed E-state index contributed by atoms with van der Waals surface area (Å²) in [4.78, 5) is 37.9. The summed E-state index contributed by atoms with van der Waals surface area (Å²) < 4.78 is 0. The van der Waals surface area contributed by atoms with Gasteiger partial charge in [0, 0.05) is 32.2 Å². The quantitative estimate of drug-likeness (QED) is 0.811. The van der Waals surface area contributed by atoms with E-state index in [9.17, 15) is 14.4 Å². The fourth-order valence-electron chi connectivity index (χ4n) is 2.84. The van der Waals surface area contributed by atoms with E-state index in [4.69, 9.17) is 5.11 Å². The lowest BCUT2D eigenvalue weighted by Gasteiger charge is -2.31. The molecular formula is C13H20N2O4S. The molecular weight excluding hydrogens is 280 g/mol. The Labute approximate surface area is 122 Å². The fourth-order valence-corrected chi connectivity index (χ4v) is 4.26. The first-order valence-corrected chi connectivity index (χ1v) is 7.76. The van der Waals surface area contributed by atoms with Crippen LogP contribution in [0, 0.1) is 0 Å². The van der Waals surface area contributed by atoms with Crippen molar-refractivity contribution in [3.63, 3.8) is 0 Å². The predicted octanol–water partition coefficient (Wildman–Crippen LogP) is 0.764. The number of hydrogen-bond acceptors (Lipinski definition) is 4. The molecule has 7 heteroatoms. The second kappa shape index (κ2) is 5.63. The van der Waals surface area contributed by atoms with E-state index in [0.29, 0.717) is 25.1 Å². The average Bonchev–Trinajstić information content (AvgIpc) is 2.86. The van der Waals surface area contributed by atoms with Gasteiger partial charge in [0.15, 0.2) is 0 Å². The molecule has 0 aromatic rings. The number of amides is 2. The Morgan fingerprint density at radius 1 is 1.55 bits per heavy atom. The van der Waals surface area contributed by atoms with Crippen molar-refractivity contribution in [2.24, 2.45) is 0 Å². The Morgan fingerprint density at radius 3 is 2.90 bits per heavy atom. The maximum atomic E-state index is 12.4. The van der Waals surface area contributed by atoms with Gasteiger partial charge in [-0.15, -0.1) is 11.8 Å². The molecule has 2 rings (SSSR count). The summed E-state index contributed by atoms with van der Waals surface area (Å²) >= 11 is 1.67. The zero-order valence-electron chi connectivity index (χ0n) is 11.8. The molecule has 0 aromatic heterocycles. The van der Waals surface area contributed by atoms with Gasteiger partial charge in [0.05, 0.1) is 4.87 Å². The number of rotatable bonds is 5. The minimum absolute atomic E-state index is 0.0507. The van der Waals surface area contributed by atoms with Gasteiger partial charge >= 0.3 is 5.97 Å². The lowest BCUT2D eigenvalue weighted by Crippen LogP contribution is -2.50. The van der Waals surface area contributed by atoms with Crippen LogP contribution in [0.25, 0.3) is 0 Å². The molecule has 1 N–H and O–H groups in total. The van der Waals surface area contributed by atoms with Gasteiger partial charge in [-0.05, 0) is 19.8 Å². The summed E-state index contributed by atoms with van der Waals surface area (Å²) in [6.07, 6.45) is 1.79. The number of carboxylic acids is 1. The van der Waals surface area contributed by atoms with Crippen LogP contribution >= 0.6 is 11.8 Å². The normalized spacial score (nSPS) is 28.6. The minimum atomic E-state index is -0.857. The Bertz CT molecular complexity index is 442. The lowest BCUT2D eigenvalue weighted by atomic mass is 10.2. The van der Waals surface area contributed by atoms with Crippen molar-refractivity contribution in [2.45, 2.75) is 43.5 Å². The van der Waals surface area contributed by atoms with E-state index in [1.54, 1.807) is 28.6 Å². The zero-order valence-corrected chi connectivity index (χ0v) is 12.6. The third kappa shape index (κ3) is 2.77. The molecule has 0 radical (unpaired) electrons. The number of carbonyl (C=O) groups excluding carboxylic acids is 2. The summed E-state index contributed by atoms with van der Waals surface area (Å²) in [6.45, 7) is 2.42. The third-order valence-corrected chi connectivity index (χ3v) is 5.50. The van der Waals surface area contributed by atoms with Crippen LogP contribution in [0.5, 0.6) is 0 Å². The van der Waals surface area contributed by atoms with E-state index >= 15 is 0 Å². The van der Waals surface area contributed by atoms with Crippen LogP contribution in [0.1, 0.15) is 32.6 Å². The van der Waals surface area contributed by atoms with Gasteiger partial charge in [-0.2, -0.15) is 0 Å². The number of carbonyl (C=O) groups is 3. The van der Waals surface area contributed by atoms with Crippen LogP contribution in [-0.4, -0.2) is 62.9 Å². The molecule has 2 aliphatic heterocycles. The number of thioether (sulfide) groups is 1. The van der Waals surface area contributed by atoms with Gasteiger partial charge in [-0.1, -0.05) is 0 Å². The van der Waals surface area contributed by atoms with Gasteiger partial charge < -0.3 is 14.9 Å². The van der Waals surface area contributed by atoms with Crippen LogP contribution in [0.15, 0.2) is 0 Å². The Kier molecular flexibility index (Phi) is 4.27. The van der Waals surface area contributed by atoms with Crippen LogP contribution in [0.2, 0.25) is 0 Å². The molecule has 0 bridgehead atoms. The smallest absolute Gasteiger partial charge is 0.303 e. The SMILES string of the molecule is CN(CCCC(=O)O)C(=O)C1CSC2(C)CCC(=O)N12. The number of aliphatic carboxylic acids is 1. The first-order chi connectivity index (χ1) is 9.35. The monoisotopic (exact) mass is 300 g/mol. The number of carboxylic acid groups (broad SMARTS) is 1. The first-order valence-electron chi connectivity index (χ1n) is 6.78. The maximum absolute atomic E-state index is 12.4. The van der Waals surface area contributed by atoms with Gasteiger partial charge in [-0.25, -0.2) is 0 Å². The van der Waals surface area contributed by atoms with Crippen molar-refractivity contribution in [1.82, 2.24) is 9.80 Å². The molecule has 0 aromatic carbocycles. The van der Waals surface area contributed by atoms with Gasteiger partial charge in [0.2, 0.25) is 11.8 Å².